The van der Waals surface area contributed by atoms with Crippen molar-refractivity contribution in [3.8, 4) is 11.4 Å². The molecule has 29 heavy (non-hydrogen) atoms. The van der Waals surface area contributed by atoms with Gasteiger partial charge in [0.1, 0.15) is 5.82 Å². The van der Waals surface area contributed by atoms with Crippen molar-refractivity contribution in [2.75, 3.05) is 26.2 Å². The summed E-state index contributed by atoms with van der Waals surface area (Å²) in [5.41, 5.74) is 1.93. The van der Waals surface area contributed by atoms with Gasteiger partial charge in [0.25, 0.3) is 5.56 Å². The molecule has 2 aliphatic rings. The molecule has 0 aliphatic carbocycles. The molecule has 1 spiro atoms. The molecule has 0 radical (unpaired) electrons. The van der Waals surface area contributed by atoms with Gasteiger partial charge >= 0.3 is 0 Å². The summed E-state index contributed by atoms with van der Waals surface area (Å²) in [6.45, 7) is 5.48. The first-order chi connectivity index (χ1) is 13.1. The zero-order valence-corrected chi connectivity index (χ0v) is 18.1. The van der Waals surface area contributed by atoms with Crippen LogP contribution in [0, 0.1) is 12.3 Å². The largest absolute Gasteiger partial charge is 0.342 e. The third-order valence-electron chi connectivity index (χ3n) is 5.99. The number of rotatable bonds is 3. The van der Waals surface area contributed by atoms with Crippen LogP contribution in [0.25, 0.3) is 11.4 Å². The van der Waals surface area contributed by atoms with Crippen LogP contribution in [0.1, 0.15) is 30.5 Å². The van der Waals surface area contributed by atoms with E-state index < -0.39 is 0 Å². The number of halogens is 2. The van der Waals surface area contributed by atoms with E-state index in [-0.39, 0.29) is 42.7 Å². The number of likely N-dealkylation sites (tertiary alicyclic amines) is 1. The normalized spacial score (nSPS) is 17.5. The number of H-pyrrole nitrogens is 1. The molecule has 2 aromatic rings. The minimum Gasteiger partial charge on any atom is -0.342 e. The average Bonchev–Trinajstić information content (AvgIpc) is 3.13. The third kappa shape index (κ3) is 4.97. The monoisotopic (exact) mass is 439 g/mol. The fourth-order valence-electron chi connectivity index (χ4n) is 4.17. The average molecular weight is 440 g/mol. The van der Waals surface area contributed by atoms with E-state index in [9.17, 15) is 9.59 Å². The zero-order chi connectivity index (χ0) is 18.9. The fraction of sp³-hybridized carbons (Fsp3) is 0.500. The van der Waals surface area contributed by atoms with Crippen LogP contribution in [0.2, 0.25) is 0 Å². The summed E-state index contributed by atoms with van der Waals surface area (Å²) in [5.74, 6) is 0.496. The smallest absolute Gasteiger partial charge is 0.255 e. The molecule has 2 fully saturated rings. The second-order valence-corrected chi connectivity index (χ2v) is 7.70. The van der Waals surface area contributed by atoms with Gasteiger partial charge in [-0.15, -0.1) is 24.8 Å². The van der Waals surface area contributed by atoms with Gasteiger partial charge in [-0.1, -0.05) is 0 Å². The van der Waals surface area contributed by atoms with Gasteiger partial charge < -0.3 is 15.2 Å². The van der Waals surface area contributed by atoms with Crippen molar-refractivity contribution in [3.63, 3.8) is 0 Å². The summed E-state index contributed by atoms with van der Waals surface area (Å²) in [4.78, 5) is 38.5. The molecule has 2 aliphatic heterocycles. The van der Waals surface area contributed by atoms with Crippen LogP contribution in [0.3, 0.4) is 0 Å². The molecule has 0 unspecified atom stereocenters. The molecule has 4 rings (SSSR count). The predicted molar refractivity (Wildman–Crippen MR) is 117 cm³/mol. The number of hydrogen-bond donors (Lipinski definition) is 2. The molecular weight excluding hydrogens is 413 g/mol. The van der Waals surface area contributed by atoms with E-state index in [0.717, 1.165) is 44.6 Å². The Hall–Kier alpha value is -1.96. The Bertz CT molecular complexity index is 887. The molecule has 158 valence electrons. The van der Waals surface area contributed by atoms with Crippen molar-refractivity contribution < 1.29 is 4.79 Å². The second kappa shape index (κ2) is 9.69. The van der Waals surface area contributed by atoms with E-state index in [4.69, 9.17) is 0 Å². The Morgan fingerprint density at radius 3 is 2.59 bits per heavy atom. The lowest BCUT2D eigenvalue weighted by Gasteiger charge is -2.39. The first-order valence-corrected chi connectivity index (χ1v) is 9.55. The van der Waals surface area contributed by atoms with E-state index in [2.05, 4.69) is 20.3 Å². The molecule has 0 atom stereocenters. The van der Waals surface area contributed by atoms with E-state index >= 15 is 0 Å². The number of piperidine rings is 1. The lowest BCUT2D eigenvalue weighted by molar-refractivity contribution is -0.132. The molecule has 2 aromatic heterocycles. The minimum absolute atomic E-state index is 0. The standard InChI is InChI=1S/C20H25N5O2.2ClH/c1-14-16(19(27)24-18(23-14)15-3-2-7-21-12-15)11-17(26)25-9-5-20(6-10-25)4-8-22-13-20;;/h2-3,7,12,22H,4-6,8-11,13H2,1H3,(H,23,24,27);2*1H. The quantitative estimate of drug-likeness (QED) is 0.763. The number of pyridine rings is 1. The molecule has 0 saturated carbocycles. The molecule has 9 heteroatoms. The lowest BCUT2D eigenvalue weighted by atomic mass is 9.78. The van der Waals surface area contributed by atoms with Crippen LogP contribution in [-0.2, 0) is 11.2 Å². The Morgan fingerprint density at radius 2 is 2.00 bits per heavy atom. The lowest BCUT2D eigenvalue weighted by Crippen LogP contribution is -2.45. The summed E-state index contributed by atoms with van der Waals surface area (Å²) >= 11 is 0. The molecule has 2 N–H and O–H groups in total. The highest BCUT2D eigenvalue weighted by Crippen LogP contribution is 2.36. The molecule has 4 heterocycles. The van der Waals surface area contributed by atoms with Crippen LogP contribution >= 0.6 is 24.8 Å². The third-order valence-corrected chi connectivity index (χ3v) is 5.99. The number of aromatic nitrogens is 3. The van der Waals surface area contributed by atoms with E-state index in [1.165, 1.54) is 6.42 Å². The van der Waals surface area contributed by atoms with Crippen LogP contribution < -0.4 is 10.9 Å². The summed E-state index contributed by atoms with van der Waals surface area (Å²) in [7, 11) is 0. The topological polar surface area (TPSA) is 91.0 Å². The van der Waals surface area contributed by atoms with Gasteiger partial charge in [0, 0.05) is 48.8 Å². The maximum Gasteiger partial charge on any atom is 0.255 e. The highest BCUT2D eigenvalue weighted by molar-refractivity contribution is 5.85. The first-order valence-electron chi connectivity index (χ1n) is 9.55. The SMILES string of the molecule is Cc1nc(-c2cccnc2)[nH]c(=O)c1CC(=O)N1CCC2(CCNC2)CC1.Cl.Cl. The van der Waals surface area contributed by atoms with Gasteiger partial charge in [0.2, 0.25) is 5.91 Å². The van der Waals surface area contributed by atoms with Crippen LogP contribution in [-0.4, -0.2) is 51.9 Å². The molecule has 0 bridgehead atoms. The van der Waals surface area contributed by atoms with E-state index in [1.54, 1.807) is 25.4 Å². The van der Waals surface area contributed by atoms with Gasteiger partial charge in [-0.25, -0.2) is 4.98 Å². The van der Waals surface area contributed by atoms with Crippen molar-refractivity contribution in [1.29, 1.82) is 0 Å². The second-order valence-electron chi connectivity index (χ2n) is 7.70. The highest BCUT2D eigenvalue weighted by Gasteiger charge is 2.38. The molecule has 7 nitrogen and oxygen atoms in total. The van der Waals surface area contributed by atoms with E-state index in [0.29, 0.717) is 22.5 Å². The number of amides is 1. The maximum absolute atomic E-state index is 12.7. The molecule has 0 aromatic carbocycles. The number of nitrogens with one attached hydrogen (secondary N) is 2. The summed E-state index contributed by atoms with van der Waals surface area (Å²) in [6.07, 6.45) is 6.72. The first kappa shape index (κ1) is 23.3. The minimum atomic E-state index is -0.247. The fourth-order valence-corrected chi connectivity index (χ4v) is 4.17. The van der Waals surface area contributed by atoms with Crippen molar-refractivity contribution >= 4 is 30.7 Å². The molecule has 1 amide bonds. The summed E-state index contributed by atoms with van der Waals surface area (Å²) in [5, 5.41) is 3.44. The number of aryl methyl sites for hydroxylation is 1. The van der Waals surface area contributed by atoms with Crippen molar-refractivity contribution in [2.45, 2.75) is 32.6 Å². The predicted octanol–water partition coefficient (Wildman–Crippen LogP) is 2.13. The summed E-state index contributed by atoms with van der Waals surface area (Å²) < 4.78 is 0. The number of nitrogens with zero attached hydrogens (tertiary/aromatic N) is 3. The number of carbonyl (C=O) groups is 1. The zero-order valence-electron chi connectivity index (χ0n) is 16.4. The van der Waals surface area contributed by atoms with Gasteiger partial charge in [0.05, 0.1) is 6.42 Å². The highest BCUT2D eigenvalue weighted by atomic mass is 35.5. The van der Waals surface area contributed by atoms with E-state index in [1.807, 2.05) is 11.0 Å². The van der Waals surface area contributed by atoms with Crippen LogP contribution in [0.15, 0.2) is 29.3 Å². The Kier molecular flexibility index (Phi) is 7.80. The Morgan fingerprint density at radius 1 is 1.24 bits per heavy atom. The number of hydrogen-bond acceptors (Lipinski definition) is 5. The Balaban J connectivity index is 0.00000150. The van der Waals surface area contributed by atoms with Gasteiger partial charge in [-0.05, 0) is 50.3 Å². The van der Waals surface area contributed by atoms with Crippen molar-refractivity contribution in [1.82, 2.24) is 25.2 Å². The van der Waals surface area contributed by atoms with Crippen LogP contribution in [0.5, 0.6) is 0 Å². The molecular formula is C20H27Cl2N5O2. The van der Waals surface area contributed by atoms with Gasteiger partial charge in [-0.2, -0.15) is 0 Å². The number of carbonyl (C=O) groups excluding carboxylic acids is 1. The maximum atomic E-state index is 12.7. The van der Waals surface area contributed by atoms with Crippen LogP contribution in [0.4, 0.5) is 0 Å². The summed E-state index contributed by atoms with van der Waals surface area (Å²) in [6, 6.07) is 3.64. The van der Waals surface area contributed by atoms with Crippen molar-refractivity contribution in [2.24, 2.45) is 5.41 Å². The van der Waals surface area contributed by atoms with Crippen molar-refractivity contribution in [3.05, 3.63) is 46.1 Å². The van der Waals surface area contributed by atoms with Gasteiger partial charge in [-0.3, -0.25) is 14.6 Å². The molecule has 2 saturated heterocycles. The Labute approximate surface area is 182 Å². The number of aromatic amines is 1. The van der Waals surface area contributed by atoms with Gasteiger partial charge in [0.15, 0.2) is 0 Å².